The molecule has 1 aromatic carbocycles. The number of amides is 2. The Morgan fingerprint density at radius 3 is 2.65 bits per heavy atom. The van der Waals surface area contributed by atoms with Gasteiger partial charge in [-0.2, -0.15) is 0 Å². The first kappa shape index (κ1) is 18.0. The van der Waals surface area contributed by atoms with Crippen LogP contribution < -0.4 is 11.1 Å². The van der Waals surface area contributed by atoms with E-state index in [4.69, 9.17) is 33.7 Å². The first-order chi connectivity index (χ1) is 10.9. The largest absolute Gasteiger partial charge is 0.383 e. The first-order valence-electron chi connectivity index (χ1n) is 7.24. The Labute approximate surface area is 144 Å². The summed E-state index contributed by atoms with van der Waals surface area (Å²) in [6.45, 7) is 0.623. The number of nitrogens with two attached hydrogens (primary N) is 1. The number of hydrogen-bond acceptors (Lipinski definition) is 4. The van der Waals surface area contributed by atoms with E-state index in [9.17, 15) is 9.59 Å². The van der Waals surface area contributed by atoms with Crippen LogP contribution in [0.25, 0.3) is 0 Å². The highest BCUT2D eigenvalue weighted by atomic mass is 35.5. The van der Waals surface area contributed by atoms with Crippen LogP contribution in [0.3, 0.4) is 0 Å². The number of anilines is 1. The van der Waals surface area contributed by atoms with E-state index in [-0.39, 0.29) is 18.4 Å². The fourth-order valence-electron chi connectivity index (χ4n) is 2.62. The number of nitrogens with zero attached hydrogens (tertiary/aromatic N) is 1. The predicted molar refractivity (Wildman–Crippen MR) is 89.7 cm³/mol. The third-order valence-corrected chi connectivity index (χ3v) is 4.07. The molecular formula is C15H19Cl2N3O3. The fourth-order valence-corrected chi connectivity index (χ4v) is 3.14. The summed E-state index contributed by atoms with van der Waals surface area (Å²) in [6, 6.07) is 3.46. The van der Waals surface area contributed by atoms with Crippen molar-refractivity contribution < 1.29 is 14.3 Å². The Morgan fingerprint density at radius 1 is 1.39 bits per heavy atom. The van der Waals surface area contributed by atoms with Crippen molar-refractivity contribution in [3.05, 3.63) is 28.2 Å². The molecule has 1 heterocycles. The molecule has 126 valence electrons. The number of ether oxygens (including phenoxy) is 1. The molecule has 1 aromatic rings. The molecular weight excluding hydrogens is 341 g/mol. The molecule has 0 aromatic heterocycles. The number of benzene rings is 1. The predicted octanol–water partition coefficient (Wildman–Crippen LogP) is 1.90. The van der Waals surface area contributed by atoms with Crippen molar-refractivity contribution in [1.29, 1.82) is 0 Å². The minimum atomic E-state index is -0.769. The highest BCUT2D eigenvalue weighted by Crippen LogP contribution is 2.24. The smallest absolute Gasteiger partial charge is 0.247 e. The van der Waals surface area contributed by atoms with Gasteiger partial charge in [0.2, 0.25) is 11.8 Å². The van der Waals surface area contributed by atoms with Crippen LogP contribution in [0.4, 0.5) is 5.69 Å². The summed E-state index contributed by atoms with van der Waals surface area (Å²) < 4.78 is 4.90. The first-order valence-corrected chi connectivity index (χ1v) is 8.00. The van der Waals surface area contributed by atoms with Gasteiger partial charge in [-0.25, -0.2) is 0 Å². The second kappa shape index (κ2) is 7.97. The molecule has 6 nitrogen and oxygen atoms in total. The summed E-state index contributed by atoms with van der Waals surface area (Å²) in [6.07, 6.45) is 1.34. The van der Waals surface area contributed by atoms with E-state index in [2.05, 4.69) is 5.32 Å². The minimum Gasteiger partial charge on any atom is -0.383 e. The van der Waals surface area contributed by atoms with E-state index in [1.807, 2.05) is 0 Å². The average molecular weight is 360 g/mol. The Hall–Kier alpha value is -1.34. The van der Waals surface area contributed by atoms with Gasteiger partial charge in [0.1, 0.15) is 12.1 Å². The highest BCUT2D eigenvalue weighted by molar-refractivity contribution is 6.35. The zero-order valence-corrected chi connectivity index (χ0v) is 14.2. The lowest BCUT2D eigenvalue weighted by Gasteiger charge is -2.26. The van der Waals surface area contributed by atoms with Crippen molar-refractivity contribution in [3.8, 4) is 0 Å². The summed E-state index contributed by atoms with van der Waals surface area (Å²) in [5.74, 6) is -0.563. The van der Waals surface area contributed by atoms with Gasteiger partial charge in [-0.3, -0.25) is 9.59 Å². The fraction of sp³-hybridized carbons (Fsp3) is 0.467. The molecule has 0 bridgehead atoms. The minimum absolute atomic E-state index is 0.119. The number of rotatable bonds is 5. The van der Waals surface area contributed by atoms with E-state index in [0.717, 1.165) is 6.42 Å². The Kier molecular flexibility index (Phi) is 6.24. The van der Waals surface area contributed by atoms with Crippen molar-refractivity contribution >= 4 is 40.7 Å². The molecule has 23 heavy (non-hydrogen) atoms. The average Bonchev–Trinajstić information content (AvgIpc) is 2.95. The molecule has 0 radical (unpaired) electrons. The normalized spacial score (nSPS) is 18.8. The van der Waals surface area contributed by atoms with Crippen LogP contribution >= 0.6 is 23.2 Å². The molecule has 2 atom stereocenters. The van der Waals surface area contributed by atoms with E-state index in [1.54, 1.807) is 18.2 Å². The maximum Gasteiger partial charge on any atom is 0.247 e. The van der Waals surface area contributed by atoms with E-state index in [1.165, 1.54) is 12.0 Å². The van der Waals surface area contributed by atoms with Gasteiger partial charge in [0.25, 0.3) is 0 Å². The molecule has 0 spiro atoms. The van der Waals surface area contributed by atoms with Gasteiger partial charge < -0.3 is 20.7 Å². The monoisotopic (exact) mass is 359 g/mol. The second-order valence-corrected chi connectivity index (χ2v) is 6.27. The third kappa shape index (κ3) is 4.57. The lowest BCUT2D eigenvalue weighted by Crippen LogP contribution is -2.51. The molecule has 2 rings (SSSR count). The van der Waals surface area contributed by atoms with Crippen LogP contribution in [-0.4, -0.2) is 49.1 Å². The lowest BCUT2D eigenvalue weighted by molar-refractivity contribution is -0.138. The SMILES string of the molecule is COCC(N)C(=O)N1CCCC1C(=O)Nc1cc(Cl)cc(Cl)c1. The molecule has 1 aliphatic heterocycles. The standard InChI is InChI=1S/C15H19Cl2N3O3/c1-23-8-12(18)15(22)20-4-2-3-13(20)14(21)19-11-6-9(16)5-10(17)7-11/h5-7,12-13H,2-4,8,18H2,1H3,(H,19,21). The van der Waals surface area contributed by atoms with Gasteiger partial charge in [-0.15, -0.1) is 0 Å². The molecule has 1 aliphatic rings. The highest BCUT2D eigenvalue weighted by Gasteiger charge is 2.36. The van der Waals surface area contributed by atoms with Gasteiger partial charge in [0, 0.05) is 29.4 Å². The van der Waals surface area contributed by atoms with E-state index < -0.39 is 12.1 Å². The van der Waals surface area contributed by atoms with Crippen LogP contribution in [0.5, 0.6) is 0 Å². The Morgan fingerprint density at radius 2 is 2.04 bits per heavy atom. The van der Waals surface area contributed by atoms with Gasteiger partial charge >= 0.3 is 0 Å². The van der Waals surface area contributed by atoms with Crippen molar-refractivity contribution in [2.24, 2.45) is 5.73 Å². The van der Waals surface area contributed by atoms with Crippen LogP contribution in [-0.2, 0) is 14.3 Å². The molecule has 2 unspecified atom stereocenters. The number of halogens is 2. The zero-order valence-electron chi connectivity index (χ0n) is 12.7. The number of carbonyl (C=O) groups excluding carboxylic acids is 2. The van der Waals surface area contributed by atoms with Crippen molar-refractivity contribution in [1.82, 2.24) is 4.90 Å². The maximum atomic E-state index is 12.5. The molecule has 8 heteroatoms. The Balaban J connectivity index is 2.07. The van der Waals surface area contributed by atoms with E-state index in [0.29, 0.717) is 28.7 Å². The van der Waals surface area contributed by atoms with Crippen molar-refractivity contribution in [2.75, 3.05) is 25.6 Å². The quantitative estimate of drug-likeness (QED) is 0.840. The summed E-state index contributed by atoms with van der Waals surface area (Å²) in [4.78, 5) is 26.3. The number of carbonyl (C=O) groups is 2. The molecule has 0 aliphatic carbocycles. The van der Waals surface area contributed by atoms with Crippen LogP contribution in [0.1, 0.15) is 12.8 Å². The molecule has 0 saturated carbocycles. The molecule has 2 amide bonds. The number of likely N-dealkylation sites (tertiary alicyclic amines) is 1. The Bertz CT molecular complexity index is 577. The lowest BCUT2D eigenvalue weighted by atomic mass is 10.2. The van der Waals surface area contributed by atoms with Crippen LogP contribution in [0.15, 0.2) is 18.2 Å². The van der Waals surface area contributed by atoms with Gasteiger partial charge in [0.15, 0.2) is 0 Å². The van der Waals surface area contributed by atoms with Crippen molar-refractivity contribution in [2.45, 2.75) is 24.9 Å². The third-order valence-electron chi connectivity index (χ3n) is 3.63. The summed E-state index contributed by atoms with van der Waals surface area (Å²) >= 11 is 11.8. The maximum absolute atomic E-state index is 12.5. The molecule has 3 N–H and O–H groups in total. The molecule has 1 saturated heterocycles. The number of hydrogen-bond donors (Lipinski definition) is 2. The summed E-state index contributed by atoms with van der Waals surface area (Å²) in [7, 11) is 1.48. The summed E-state index contributed by atoms with van der Waals surface area (Å²) in [5.41, 5.74) is 6.27. The van der Waals surface area contributed by atoms with Crippen LogP contribution in [0.2, 0.25) is 10.0 Å². The van der Waals surface area contributed by atoms with Gasteiger partial charge in [0.05, 0.1) is 6.61 Å². The summed E-state index contributed by atoms with van der Waals surface area (Å²) in [5, 5.41) is 3.60. The van der Waals surface area contributed by atoms with E-state index >= 15 is 0 Å². The van der Waals surface area contributed by atoms with Gasteiger partial charge in [-0.05, 0) is 31.0 Å². The topological polar surface area (TPSA) is 84.7 Å². The number of methoxy groups -OCH3 is 1. The van der Waals surface area contributed by atoms with Crippen molar-refractivity contribution in [3.63, 3.8) is 0 Å². The van der Waals surface area contributed by atoms with Crippen LogP contribution in [0, 0.1) is 0 Å². The number of nitrogens with one attached hydrogen (secondary N) is 1. The second-order valence-electron chi connectivity index (χ2n) is 5.40. The zero-order chi connectivity index (χ0) is 17.0. The van der Waals surface area contributed by atoms with Gasteiger partial charge in [-0.1, -0.05) is 23.2 Å². The molecule has 1 fully saturated rings.